The standard InChI is InChI=1S/C20H25FN4O3/c21-20(12-22)5-7-24(8-6-20)10-13-1-2-14-11-25(19(28)15(14)9-13)16-3-4-17(26)23-18(16)27/h1-2,9,16H,3-8,10-12,22H2,(H,23,26,27). The second-order valence-electron chi connectivity index (χ2n) is 8.02. The predicted octanol–water partition coefficient (Wildman–Crippen LogP) is 0.710. The SMILES string of the molecule is NCC1(F)CCN(Cc2ccc3c(c2)C(=O)N(C2CCC(=O)NC2=O)C3)CC1. The van der Waals surface area contributed by atoms with E-state index in [1.165, 1.54) is 0 Å². The number of halogens is 1. The number of fused-ring (bicyclic) bond motifs is 1. The second kappa shape index (κ2) is 7.25. The molecular formula is C20H25FN4O3. The van der Waals surface area contributed by atoms with Gasteiger partial charge in [-0.15, -0.1) is 0 Å². The largest absolute Gasteiger partial charge is 0.328 e. The number of carbonyl (C=O) groups is 3. The zero-order valence-corrected chi connectivity index (χ0v) is 15.7. The molecule has 3 N–H and O–H groups in total. The number of nitrogens with zero attached hydrogens (tertiary/aromatic N) is 2. The molecular weight excluding hydrogens is 363 g/mol. The van der Waals surface area contributed by atoms with Crippen LogP contribution in [0.25, 0.3) is 0 Å². The van der Waals surface area contributed by atoms with Gasteiger partial charge in [-0.1, -0.05) is 12.1 Å². The minimum absolute atomic E-state index is 0.0599. The van der Waals surface area contributed by atoms with E-state index in [1.54, 1.807) is 4.90 Å². The van der Waals surface area contributed by atoms with Gasteiger partial charge in [0.25, 0.3) is 5.91 Å². The Bertz CT molecular complexity index is 820. The Morgan fingerprint density at radius 3 is 2.64 bits per heavy atom. The highest BCUT2D eigenvalue weighted by atomic mass is 19.1. The third-order valence-electron chi connectivity index (χ3n) is 6.12. The smallest absolute Gasteiger partial charge is 0.255 e. The number of nitrogens with two attached hydrogens (primary N) is 1. The zero-order chi connectivity index (χ0) is 19.9. The Kier molecular flexibility index (Phi) is 4.93. The van der Waals surface area contributed by atoms with Crippen molar-refractivity contribution in [3.8, 4) is 0 Å². The van der Waals surface area contributed by atoms with E-state index in [9.17, 15) is 18.8 Å². The van der Waals surface area contributed by atoms with E-state index in [-0.39, 0.29) is 24.8 Å². The Hall–Kier alpha value is -2.32. The molecule has 2 saturated heterocycles. The molecule has 3 aliphatic rings. The number of nitrogens with one attached hydrogen (secondary N) is 1. The van der Waals surface area contributed by atoms with E-state index in [1.807, 2.05) is 18.2 Å². The predicted molar refractivity (Wildman–Crippen MR) is 99.9 cm³/mol. The Morgan fingerprint density at radius 1 is 1.21 bits per heavy atom. The van der Waals surface area contributed by atoms with Crippen LogP contribution in [0.4, 0.5) is 4.39 Å². The minimum Gasteiger partial charge on any atom is -0.328 e. The first-order valence-corrected chi connectivity index (χ1v) is 9.76. The molecule has 0 bridgehead atoms. The first-order chi connectivity index (χ1) is 13.4. The van der Waals surface area contributed by atoms with Gasteiger partial charge in [-0.25, -0.2) is 4.39 Å². The topological polar surface area (TPSA) is 95.7 Å². The van der Waals surface area contributed by atoms with Crippen molar-refractivity contribution in [2.75, 3.05) is 19.6 Å². The van der Waals surface area contributed by atoms with Crippen LogP contribution in [-0.4, -0.2) is 58.9 Å². The average molecular weight is 388 g/mol. The number of rotatable bonds is 4. The van der Waals surface area contributed by atoms with Gasteiger partial charge in [-0.3, -0.25) is 24.6 Å². The van der Waals surface area contributed by atoms with Gasteiger partial charge >= 0.3 is 0 Å². The number of likely N-dealkylation sites (tertiary alicyclic amines) is 1. The van der Waals surface area contributed by atoms with Crippen LogP contribution in [0, 0.1) is 0 Å². The van der Waals surface area contributed by atoms with Gasteiger partial charge in [0.15, 0.2) is 0 Å². The minimum atomic E-state index is -1.26. The van der Waals surface area contributed by atoms with E-state index >= 15 is 0 Å². The summed E-state index contributed by atoms with van der Waals surface area (Å²) in [7, 11) is 0. The van der Waals surface area contributed by atoms with Crippen molar-refractivity contribution >= 4 is 17.7 Å². The fourth-order valence-corrected chi connectivity index (χ4v) is 4.27. The normalized spacial score (nSPS) is 25.0. The van der Waals surface area contributed by atoms with E-state index in [0.29, 0.717) is 51.0 Å². The number of imide groups is 1. The van der Waals surface area contributed by atoms with Crippen molar-refractivity contribution < 1.29 is 18.8 Å². The summed E-state index contributed by atoms with van der Waals surface area (Å²) in [6, 6.07) is 5.19. The summed E-state index contributed by atoms with van der Waals surface area (Å²) < 4.78 is 14.3. The maximum Gasteiger partial charge on any atom is 0.255 e. The Labute approximate surface area is 163 Å². The lowest BCUT2D eigenvalue weighted by atomic mass is 9.93. The molecule has 4 rings (SSSR count). The average Bonchev–Trinajstić information content (AvgIpc) is 3.00. The van der Waals surface area contributed by atoms with Crippen molar-refractivity contribution in [3.63, 3.8) is 0 Å². The van der Waals surface area contributed by atoms with Gasteiger partial charge in [0.05, 0.1) is 0 Å². The van der Waals surface area contributed by atoms with Crippen molar-refractivity contribution in [1.29, 1.82) is 0 Å². The van der Waals surface area contributed by atoms with Crippen LogP contribution < -0.4 is 11.1 Å². The van der Waals surface area contributed by atoms with Crippen molar-refractivity contribution in [1.82, 2.24) is 15.1 Å². The van der Waals surface area contributed by atoms with Crippen LogP contribution >= 0.6 is 0 Å². The lowest BCUT2D eigenvalue weighted by molar-refractivity contribution is -0.136. The quantitative estimate of drug-likeness (QED) is 0.741. The Morgan fingerprint density at radius 2 is 1.96 bits per heavy atom. The fourth-order valence-electron chi connectivity index (χ4n) is 4.27. The molecule has 0 radical (unpaired) electrons. The summed E-state index contributed by atoms with van der Waals surface area (Å²) in [6.45, 7) is 2.37. The fraction of sp³-hybridized carbons (Fsp3) is 0.550. The summed E-state index contributed by atoms with van der Waals surface area (Å²) in [5, 5.41) is 2.31. The lowest BCUT2D eigenvalue weighted by Gasteiger charge is -2.35. The highest BCUT2D eigenvalue weighted by Gasteiger charge is 2.39. The number of piperidine rings is 2. The van der Waals surface area contributed by atoms with Gasteiger partial charge in [-0.05, 0) is 36.5 Å². The summed E-state index contributed by atoms with van der Waals surface area (Å²) in [4.78, 5) is 40.1. The molecule has 150 valence electrons. The van der Waals surface area contributed by atoms with Crippen LogP contribution in [0.3, 0.4) is 0 Å². The van der Waals surface area contributed by atoms with E-state index in [0.717, 1.165) is 11.1 Å². The molecule has 3 amide bonds. The van der Waals surface area contributed by atoms with E-state index < -0.39 is 17.6 Å². The number of hydrogen-bond donors (Lipinski definition) is 2. The first kappa shape index (κ1) is 19.0. The third-order valence-corrected chi connectivity index (χ3v) is 6.12. The Balaban J connectivity index is 1.43. The highest BCUT2D eigenvalue weighted by Crippen LogP contribution is 2.30. The van der Waals surface area contributed by atoms with Crippen molar-refractivity contribution in [2.45, 2.75) is 50.5 Å². The molecule has 8 heteroatoms. The molecule has 1 aromatic rings. The van der Waals surface area contributed by atoms with Crippen LogP contribution in [0.5, 0.6) is 0 Å². The molecule has 3 heterocycles. The van der Waals surface area contributed by atoms with Crippen LogP contribution in [0.1, 0.15) is 47.2 Å². The lowest BCUT2D eigenvalue weighted by Crippen LogP contribution is -2.52. The summed E-state index contributed by atoms with van der Waals surface area (Å²) in [5.74, 6) is -0.863. The molecule has 7 nitrogen and oxygen atoms in total. The molecule has 3 aliphatic heterocycles. The van der Waals surface area contributed by atoms with Gasteiger partial charge in [0.1, 0.15) is 11.7 Å². The van der Waals surface area contributed by atoms with Crippen LogP contribution in [0.15, 0.2) is 18.2 Å². The second-order valence-corrected chi connectivity index (χ2v) is 8.02. The number of hydrogen-bond acceptors (Lipinski definition) is 5. The molecule has 1 aromatic carbocycles. The van der Waals surface area contributed by atoms with Crippen LogP contribution in [0.2, 0.25) is 0 Å². The van der Waals surface area contributed by atoms with E-state index in [4.69, 9.17) is 5.73 Å². The number of carbonyl (C=O) groups excluding carboxylic acids is 3. The van der Waals surface area contributed by atoms with E-state index in [2.05, 4.69) is 10.2 Å². The molecule has 0 aromatic heterocycles. The summed E-state index contributed by atoms with van der Waals surface area (Å²) in [5.41, 5.74) is 6.76. The maximum atomic E-state index is 14.3. The van der Waals surface area contributed by atoms with Gasteiger partial charge in [-0.2, -0.15) is 0 Å². The number of alkyl halides is 1. The van der Waals surface area contributed by atoms with Crippen LogP contribution in [-0.2, 0) is 22.7 Å². The first-order valence-electron chi connectivity index (χ1n) is 9.76. The highest BCUT2D eigenvalue weighted by molar-refractivity contribution is 6.05. The number of benzene rings is 1. The molecule has 0 saturated carbocycles. The molecule has 1 unspecified atom stereocenters. The van der Waals surface area contributed by atoms with Crippen molar-refractivity contribution in [3.05, 3.63) is 34.9 Å². The maximum absolute atomic E-state index is 14.3. The monoisotopic (exact) mass is 388 g/mol. The molecule has 28 heavy (non-hydrogen) atoms. The summed E-state index contributed by atoms with van der Waals surface area (Å²) in [6.07, 6.45) is 1.46. The van der Waals surface area contributed by atoms with Crippen molar-refractivity contribution in [2.24, 2.45) is 5.73 Å². The summed E-state index contributed by atoms with van der Waals surface area (Å²) >= 11 is 0. The molecule has 0 aliphatic carbocycles. The number of amides is 3. The molecule has 2 fully saturated rings. The molecule has 1 atom stereocenters. The van der Waals surface area contributed by atoms with Gasteiger partial charge < -0.3 is 10.6 Å². The van der Waals surface area contributed by atoms with Gasteiger partial charge in [0, 0.05) is 44.7 Å². The third kappa shape index (κ3) is 3.54. The zero-order valence-electron chi connectivity index (χ0n) is 15.7. The molecule has 0 spiro atoms. The van der Waals surface area contributed by atoms with Gasteiger partial charge in [0.2, 0.25) is 11.8 Å².